The van der Waals surface area contributed by atoms with Crippen LogP contribution >= 0.6 is 0 Å². The normalized spacial score (nSPS) is 11.6. The minimum atomic E-state index is 0.891. The fraction of sp³-hybridized carbons (Fsp3) is 0.0545. The van der Waals surface area contributed by atoms with Gasteiger partial charge in [0.2, 0.25) is 0 Å². The predicted molar refractivity (Wildman–Crippen MR) is 250 cm³/mol. The van der Waals surface area contributed by atoms with Gasteiger partial charge in [0.25, 0.3) is 0 Å². The van der Waals surface area contributed by atoms with Gasteiger partial charge in [0.1, 0.15) is 22.5 Å². The molecule has 7 aromatic carbocycles. The van der Waals surface area contributed by atoms with Crippen LogP contribution in [0.15, 0.2) is 205 Å². The van der Waals surface area contributed by atoms with Crippen molar-refractivity contribution in [2.45, 2.75) is 20.3 Å². The molecular weight excluding hydrogens is 707 g/mol. The van der Waals surface area contributed by atoms with Gasteiger partial charge in [0, 0.05) is 38.2 Å². The van der Waals surface area contributed by atoms with Crippen LogP contribution in [-0.4, -0.2) is 4.57 Å². The van der Waals surface area contributed by atoms with Crippen LogP contribution in [0, 0.1) is 6.92 Å². The van der Waals surface area contributed by atoms with E-state index in [1.807, 2.05) is 25.1 Å². The second-order valence-electron chi connectivity index (χ2n) is 14.1. The van der Waals surface area contributed by atoms with E-state index < -0.39 is 0 Å². The largest absolute Gasteiger partial charge is 0.456 e. The highest BCUT2D eigenvalue weighted by Crippen LogP contribution is 2.38. The zero-order valence-electron chi connectivity index (χ0n) is 33.0. The Morgan fingerprint density at radius 2 is 1.02 bits per heavy atom. The molecule has 3 nitrogen and oxygen atoms in total. The fourth-order valence-corrected chi connectivity index (χ4v) is 7.75. The van der Waals surface area contributed by atoms with Crippen molar-refractivity contribution in [2.75, 3.05) is 0 Å². The van der Waals surface area contributed by atoms with E-state index in [0.29, 0.717) is 0 Å². The van der Waals surface area contributed by atoms with Gasteiger partial charge in [-0.25, -0.2) is 0 Å². The Kier molecular flexibility index (Phi) is 10.9. The molecule has 0 atom stereocenters. The van der Waals surface area contributed by atoms with Crippen molar-refractivity contribution < 1.29 is 8.83 Å². The van der Waals surface area contributed by atoms with Crippen molar-refractivity contribution in [1.82, 2.24) is 4.57 Å². The Hall–Kier alpha value is -7.36. The molecule has 58 heavy (non-hydrogen) atoms. The van der Waals surface area contributed by atoms with Crippen LogP contribution in [0.1, 0.15) is 30.2 Å². The molecule has 0 saturated carbocycles. The molecule has 0 fully saturated rings. The molecule has 282 valence electrons. The number of nitrogens with zero attached hydrogens (tertiary/aromatic N) is 1. The third-order valence-corrected chi connectivity index (χ3v) is 10.3. The van der Waals surface area contributed by atoms with Gasteiger partial charge in [0.05, 0.1) is 11.0 Å². The SMILES string of the molecule is C1=Cc2oc3ccc(-c4cccc(-c5ccc6oc7ccc(-n8c9ccccc9c9ccccc98)cc7c6c5)c4)cc3c2C=CC1.C=C.C=CC.Cc1ccccc1. The van der Waals surface area contributed by atoms with E-state index in [2.05, 4.69) is 195 Å². The highest BCUT2D eigenvalue weighted by molar-refractivity contribution is 6.11. The lowest BCUT2D eigenvalue weighted by molar-refractivity contribution is 0.603. The smallest absolute Gasteiger partial charge is 0.135 e. The van der Waals surface area contributed by atoms with Gasteiger partial charge in [-0.15, -0.1) is 19.7 Å². The Labute approximate surface area is 339 Å². The molecule has 0 N–H and O–H groups in total. The molecule has 3 heterocycles. The number of hydrogen-bond donors (Lipinski definition) is 0. The van der Waals surface area contributed by atoms with E-state index in [1.54, 1.807) is 6.08 Å². The first-order valence-electron chi connectivity index (χ1n) is 19.6. The molecule has 1 aliphatic rings. The Morgan fingerprint density at radius 3 is 1.64 bits per heavy atom. The highest BCUT2D eigenvalue weighted by atomic mass is 16.3. The summed E-state index contributed by atoms with van der Waals surface area (Å²) in [5, 5.41) is 5.88. The highest BCUT2D eigenvalue weighted by Gasteiger charge is 2.16. The van der Waals surface area contributed by atoms with Crippen molar-refractivity contribution in [2.24, 2.45) is 0 Å². The summed E-state index contributed by atoms with van der Waals surface area (Å²) in [5.74, 6) is 0.927. The van der Waals surface area contributed by atoms with Crippen molar-refractivity contribution in [3.05, 3.63) is 213 Å². The number of furan rings is 2. The number of rotatable bonds is 3. The number of allylic oxidation sites excluding steroid dienone is 3. The third-order valence-electron chi connectivity index (χ3n) is 10.3. The Bertz CT molecular complexity index is 3060. The quantitative estimate of drug-likeness (QED) is 0.168. The lowest BCUT2D eigenvalue weighted by atomic mass is 9.97. The summed E-state index contributed by atoms with van der Waals surface area (Å²) in [4.78, 5) is 0. The topological polar surface area (TPSA) is 31.2 Å². The first kappa shape index (κ1) is 37.6. The summed E-state index contributed by atoms with van der Waals surface area (Å²) in [6.07, 6.45) is 11.3. The molecular formula is C55H45NO2. The molecule has 3 heteroatoms. The van der Waals surface area contributed by atoms with Gasteiger partial charge in [-0.2, -0.15) is 0 Å². The monoisotopic (exact) mass is 751 g/mol. The van der Waals surface area contributed by atoms with Crippen LogP contribution in [0.5, 0.6) is 0 Å². The average molecular weight is 752 g/mol. The van der Waals surface area contributed by atoms with Crippen LogP contribution in [0.2, 0.25) is 0 Å². The van der Waals surface area contributed by atoms with Gasteiger partial charge in [-0.3, -0.25) is 0 Å². The maximum atomic E-state index is 6.34. The summed E-state index contributed by atoms with van der Waals surface area (Å²) in [6, 6.07) is 55.9. The van der Waals surface area contributed by atoms with Gasteiger partial charge in [0.15, 0.2) is 0 Å². The molecule has 10 aromatic rings. The Morgan fingerprint density at radius 1 is 0.500 bits per heavy atom. The summed E-state index contributed by atoms with van der Waals surface area (Å²) < 4.78 is 14.9. The Balaban J connectivity index is 0.000000345. The lowest BCUT2D eigenvalue weighted by Gasteiger charge is -2.08. The van der Waals surface area contributed by atoms with E-state index in [9.17, 15) is 0 Å². The second-order valence-corrected chi connectivity index (χ2v) is 14.1. The van der Waals surface area contributed by atoms with Gasteiger partial charge >= 0.3 is 0 Å². The number of aromatic nitrogens is 1. The molecule has 0 unspecified atom stereocenters. The van der Waals surface area contributed by atoms with E-state index in [-0.39, 0.29) is 0 Å². The standard InChI is InChI=1S/C43H27NO2.C7H8.C3H6.C2H4/c1-2-13-34-35-24-29(17-20-41(35)45-40(34)16-3-1)27-9-8-10-28(23-27)30-18-21-42-36(25-30)37-26-31(19-22-43(37)46-42)44-38-14-6-4-11-32(38)33-12-5-7-15-39(33)44;1-7-5-3-2-4-6-7;1-3-2;1-2/h2-26H,1H2;2-6H,1H3;3H,1H2,2H3;1-2H2. The summed E-state index contributed by atoms with van der Waals surface area (Å²) in [6.45, 7) is 13.3. The molecule has 0 aliphatic heterocycles. The third kappa shape index (κ3) is 7.22. The number of hydrogen-bond acceptors (Lipinski definition) is 2. The fourth-order valence-electron chi connectivity index (χ4n) is 7.75. The minimum Gasteiger partial charge on any atom is -0.456 e. The van der Waals surface area contributed by atoms with Crippen molar-refractivity contribution in [1.29, 1.82) is 0 Å². The predicted octanol–water partition coefficient (Wildman–Crippen LogP) is 16.2. The van der Waals surface area contributed by atoms with Crippen molar-refractivity contribution >= 4 is 66.9 Å². The second kappa shape index (κ2) is 16.8. The summed E-state index contributed by atoms with van der Waals surface area (Å²) >= 11 is 0. The van der Waals surface area contributed by atoms with Crippen molar-refractivity contribution in [3.8, 4) is 27.9 Å². The number of aryl methyl sites for hydroxylation is 1. The average Bonchev–Trinajstić information content (AvgIpc) is 3.87. The minimum absolute atomic E-state index is 0.891. The molecule has 0 spiro atoms. The number of para-hydroxylation sites is 2. The first-order valence-corrected chi connectivity index (χ1v) is 19.6. The summed E-state index contributed by atoms with van der Waals surface area (Å²) in [5.41, 5.74) is 13.4. The van der Waals surface area contributed by atoms with Crippen LogP contribution in [0.3, 0.4) is 0 Å². The van der Waals surface area contributed by atoms with Crippen LogP contribution in [-0.2, 0) is 0 Å². The van der Waals surface area contributed by atoms with E-state index in [4.69, 9.17) is 8.83 Å². The molecule has 1 aliphatic carbocycles. The lowest BCUT2D eigenvalue weighted by Crippen LogP contribution is -1.93. The van der Waals surface area contributed by atoms with Gasteiger partial charge in [-0.1, -0.05) is 127 Å². The molecule has 11 rings (SSSR count). The van der Waals surface area contributed by atoms with Gasteiger partial charge in [-0.05, 0) is 109 Å². The maximum absolute atomic E-state index is 6.34. The maximum Gasteiger partial charge on any atom is 0.135 e. The summed E-state index contributed by atoms with van der Waals surface area (Å²) in [7, 11) is 0. The van der Waals surface area contributed by atoms with E-state index >= 15 is 0 Å². The molecule has 0 radical (unpaired) electrons. The molecule has 0 bridgehead atoms. The zero-order chi connectivity index (χ0) is 40.0. The van der Waals surface area contributed by atoms with E-state index in [0.717, 1.165) is 61.9 Å². The van der Waals surface area contributed by atoms with Crippen LogP contribution in [0.25, 0.3) is 94.8 Å². The number of benzene rings is 7. The van der Waals surface area contributed by atoms with E-state index in [1.165, 1.54) is 44.1 Å². The molecule has 3 aromatic heterocycles. The van der Waals surface area contributed by atoms with Gasteiger partial charge < -0.3 is 13.4 Å². The molecule has 0 amide bonds. The van der Waals surface area contributed by atoms with Crippen LogP contribution < -0.4 is 0 Å². The molecule has 0 saturated heterocycles. The van der Waals surface area contributed by atoms with Crippen molar-refractivity contribution in [3.63, 3.8) is 0 Å². The number of fused-ring (bicyclic) bond motifs is 9. The van der Waals surface area contributed by atoms with Crippen LogP contribution in [0.4, 0.5) is 0 Å². The first-order chi connectivity index (χ1) is 28.6. The zero-order valence-corrected chi connectivity index (χ0v) is 33.0.